The van der Waals surface area contributed by atoms with Gasteiger partial charge >= 0.3 is 0 Å². The standard InChI is InChI=1S/C15H18FN3O2/c1-11(14-5-3-12(16)9-17-14)19-13-4-6-15(18-10-13)21-8-7-20-2/h3-6,9-11,19H,7-8H2,1-2H3. The summed E-state index contributed by atoms with van der Waals surface area (Å²) >= 11 is 0. The summed E-state index contributed by atoms with van der Waals surface area (Å²) < 4.78 is 23.1. The fourth-order valence-electron chi connectivity index (χ4n) is 1.75. The number of rotatable bonds is 7. The lowest BCUT2D eigenvalue weighted by molar-refractivity contribution is 0.144. The Labute approximate surface area is 123 Å². The maximum Gasteiger partial charge on any atom is 0.213 e. The van der Waals surface area contributed by atoms with Gasteiger partial charge in [0.1, 0.15) is 12.4 Å². The molecule has 0 aliphatic rings. The molecule has 0 aromatic carbocycles. The smallest absolute Gasteiger partial charge is 0.213 e. The van der Waals surface area contributed by atoms with E-state index in [1.54, 1.807) is 25.4 Å². The second kappa shape index (κ2) is 7.54. The average molecular weight is 291 g/mol. The lowest BCUT2D eigenvalue weighted by Gasteiger charge is -2.14. The molecular weight excluding hydrogens is 273 g/mol. The molecule has 0 bridgehead atoms. The van der Waals surface area contributed by atoms with E-state index >= 15 is 0 Å². The minimum atomic E-state index is -0.342. The summed E-state index contributed by atoms with van der Waals surface area (Å²) in [6, 6.07) is 6.65. The van der Waals surface area contributed by atoms with Gasteiger partial charge in [-0.25, -0.2) is 9.37 Å². The number of anilines is 1. The number of hydrogen-bond donors (Lipinski definition) is 1. The molecule has 0 spiro atoms. The summed E-state index contributed by atoms with van der Waals surface area (Å²) in [5, 5.41) is 3.24. The van der Waals surface area contributed by atoms with E-state index in [-0.39, 0.29) is 11.9 Å². The Hall–Kier alpha value is -2.21. The van der Waals surface area contributed by atoms with Gasteiger partial charge in [0.25, 0.3) is 0 Å². The third-order valence-electron chi connectivity index (χ3n) is 2.85. The third-order valence-corrected chi connectivity index (χ3v) is 2.85. The van der Waals surface area contributed by atoms with Crippen molar-refractivity contribution in [3.8, 4) is 5.88 Å². The lowest BCUT2D eigenvalue weighted by atomic mass is 10.2. The highest BCUT2D eigenvalue weighted by Gasteiger charge is 2.07. The van der Waals surface area contributed by atoms with Crippen molar-refractivity contribution in [1.82, 2.24) is 9.97 Å². The Morgan fingerprint density at radius 3 is 2.62 bits per heavy atom. The van der Waals surface area contributed by atoms with Gasteiger partial charge in [-0.1, -0.05) is 0 Å². The summed E-state index contributed by atoms with van der Waals surface area (Å²) in [6.45, 7) is 2.93. The molecule has 6 heteroatoms. The molecule has 2 aromatic rings. The molecular formula is C15H18FN3O2. The van der Waals surface area contributed by atoms with Gasteiger partial charge in [0.2, 0.25) is 5.88 Å². The lowest BCUT2D eigenvalue weighted by Crippen LogP contribution is -2.09. The van der Waals surface area contributed by atoms with Crippen LogP contribution in [-0.4, -0.2) is 30.3 Å². The quantitative estimate of drug-likeness (QED) is 0.795. The maximum atomic E-state index is 12.8. The van der Waals surface area contributed by atoms with E-state index in [4.69, 9.17) is 9.47 Å². The molecule has 2 aromatic heterocycles. The van der Waals surface area contributed by atoms with E-state index in [0.29, 0.717) is 19.1 Å². The number of methoxy groups -OCH3 is 1. The zero-order valence-electron chi connectivity index (χ0n) is 12.0. The SMILES string of the molecule is COCCOc1ccc(NC(C)c2ccc(F)cn2)cn1. The third kappa shape index (κ3) is 4.68. The Kier molecular flexibility index (Phi) is 5.45. The van der Waals surface area contributed by atoms with E-state index in [1.807, 2.05) is 13.0 Å². The van der Waals surface area contributed by atoms with Gasteiger partial charge in [-0.15, -0.1) is 0 Å². The van der Waals surface area contributed by atoms with Crippen LogP contribution in [0, 0.1) is 5.82 Å². The molecule has 2 rings (SSSR count). The van der Waals surface area contributed by atoms with Crippen molar-refractivity contribution in [3.05, 3.63) is 48.2 Å². The van der Waals surface area contributed by atoms with E-state index in [1.165, 1.54) is 12.3 Å². The number of ether oxygens (including phenoxy) is 2. The second-order valence-corrected chi connectivity index (χ2v) is 4.49. The maximum absolute atomic E-state index is 12.8. The topological polar surface area (TPSA) is 56.3 Å². The minimum Gasteiger partial charge on any atom is -0.475 e. The summed E-state index contributed by atoms with van der Waals surface area (Å²) in [6.07, 6.45) is 2.89. The van der Waals surface area contributed by atoms with Crippen LogP contribution in [-0.2, 0) is 4.74 Å². The molecule has 1 N–H and O–H groups in total. The summed E-state index contributed by atoms with van der Waals surface area (Å²) in [4.78, 5) is 8.24. The first-order valence-electron chi connectivity index (χ1n) is 6.65. The number of nitrogens with zero attached hydrogens (tertiary/aromatic N) is 2. The van der Waals surface area contributed by atoms with Crippen LogP contribution in [0.3, 0.4) is 0 Å². The van der Waals surface area contributed by atoms with Crippen molar-refractivity contribution in [2.75, 3.05) is 25.6 Å². The number of nitrogens with one attached hydrogen (secondary N) is 1. The molecule has 0 amide bonds. The molecule has 1 unspecified atom stereocenters. The first-order valence-corrected chi connectivity index (χ1v) is 6.65. The highest BCUT2D eigenvalue weighted by Crippen LogP contribution is 2.18. The largest absolute Gasteiger partial charge is 0.475 e. The van der Waals surface area contributed by atoms with Crippen LogP contribution in [0.1, 0.15) is 18.7 Å². The monoisotopic (exact) mass is 291 g/mol. The van der Waals surface area contributed by atoms with Gasteiger partial charge in [0.05, 0.1) is 36.4 Å². The highest BCUT2D eigenvalue weighted by molar-refractivity contribution is 5.43. The molecule has 0 fully saturated rings. The summed E-state index contributed by atoms with van der Waals surface area (Å²) in [5.41, 5.74) is 1.60. The Bertz CT molecular complexity index is 546. The van der Waals surface area contributed by atoms with Crippen molar-refractivity contribution >= 4 is 5.69 Å². The van der Waals surface area contributed by atoms with Crippen LogP contribution < -0.4 is 10.1 Å². The van der Waals surface area contributed by atoms with E-state index < -0.39 is 0 Å². The number of aromatic nitrogens is 2. The van der Waals surface area contributed by atoms with E-state index in [2.05, 4.69) is 15.3 Å². The number of halogens is 1. The molecule has 0 aliphatic carbocycles. The van der Waals surface area contributed by atoms with Crippen LogP contribution in [0.25, 0.3) is 0 Å². The van der Waals surface area contributed by atoms with Gasteiger partial charge in [-0.3, -0.25) is 4.98 Å². The molecule has 0 aliphatic heterocycles. The molecule has 0 saturated carbocycles. The van der Waals surface area contributed by atoms with Crippen molar-refractivity contribution in [1.29, 1.82) is 0 Å². The van der Waals surface area contributed by atoms with Crippen LogP contribution in [0.5, 0.6) is 5.88 Å². The first kappa shape index (κ1) is 15.2. The Balaban J connectivity index is 1.91. The van der Waals surface area contributed by atoms with Crippen molar-refractivity contribution in [2.45, 2.75) is 13.0 Å². The zero-order chi connectivity index (χ0) is 15.1. The summed E-state index contributed by atoms with van der Waals surface area (Å²) in [5.74, 6) is 0.204. The van der Waals surface area contributed by atoms with Crippen molar-refractivity contribution in [3.63, 3.8) is 0 Å². The summed E-state index contributed by atoms with van der Waals surface area (Å²) in [7, 11) is 1.62. The molecule has 5 nitrogen and oxygen atoms in total. The van der Waals surface area contributed by atoms with Crippen molar-refractivity contribution in [2.24, 2.45) is 0 Å². The molecule has 2 heterocycles. The minimum absolute atomic E-state index is 0.0485. The molecule has 0 radical (unpaired) electrons. The van der Waals surface area contributed by atoms with Gasteiger partial charge in [-0.2, -0.15) is 0 Å². The van der Waals surface area contributed by atoms with E-state index in [9.17, 15) is 4.39 Å². The van der Waals surface area contributed by atoms with Crippen LogP contribution >= 0.6 is 0 Å². The zero-order valence-corrected chi connectivity index (χ0v) is 12.0. The Morgan fingerprint density at radius 1 is 1.14 bits per heavy atom. The van der Waals surface area contributed by atoms with E-state index in [0.717, 1.165) is 11.4 Å². The number of pyridine rings is 2. The average Bonchev–Trinajstić information content (AvgIpc) is 2.50. The Morgan fingerprint density at radius 2 is 2.00 bits per heavy atom. The predicted octanol–water partition coefficient (Wildman–Crippen LogP) is 2.81. The molecule has 21 heavy (non-hydrogen) atoms. The fourth-order valence-corrected chi connectivity index (χ4v) is 1.75. The van der Waals surface area contributed by atoms with Gasteiger partial charge < -0.3 is 14.8 Å². The van der Waals surface area contributed by atoms with Crippen LogP contribution in [0.4, 0.5) is 10.1 Å². The van der Waals surface area contributed by atoms with Gasteiger partial charge in [0, 0.05) is 13.2 Å². The normalized spacial score (nSPS) is 12.0. The predicted molar refractivity (Wildman–Crippen MR) is 77.8 cm³/mol. The number of hydrogen-bond acceptors (Lipinski definition) is 5. The van der Waals surface area contributed by atoms with Gasteiger partial charge in [0.15, 0.2) is 0 Å². The van der Waals surface area contributed by atoms with Crippen molar-refractivity contribution < 1.29 is 13.9 Å². The first-order chi connectivity index (χ1) is 10.2. The van der Waals surface area contributed by atoms with Gasteiger partial charge in [-0.05, 0) is 25.1 Å². The molecule has 0 saturated heterocycles. The second-order valence-electron chi connectivity index (χ2n) is 4.49. The molecule has 1 atom stereocenters. The van der Waals surface area contributed by atoms with Crippen LogP contribution in [0.15, 0.2) is 36.7 Å². The fraction of sp³-hybridized carbons (Fsp3) is 0.333. The highest BCUT2D eigenvalue weighted by atomic mass is 19.1. The van der Waals surface area contributed by atoms with Crippen LogP contribution in [0.2, 0.25) is 0 Å². The molecule has 112 valence electrons.